The molecule has 0 radical (unpaired) electrons. The topological polar surface area (TPSA) is 106 Å². The Hall–Kier alpha value is -2.22. The molecule has 1 aromatic heterocycles. The Kier molecular flexibility index (Phi) is 3.48. The minimum atomic E-state index is -4.00. The van der Waals surface area contributed by atoms with E-state index in [1.54, 1.807) is 18.2 Å². The number of aromatic amines is 1. The first-order chi connectivity index (χ1) is 10.4. The number of sulfonamides is 1. The van der Waals surface area contributed by atoms with Gasteiger partial charge in [-0.15, -0.1) is 0 Å². The van der Waals surface area contributed by atoms with Crippen LogP contribution in [0.4, 0.5) is 0 Å². The number of nitrogens with one attached hydrogen (secondary N) is 1. The number of halogens is 1. The van der Waals surface area contributed by atoms with Gasteiger partial charge < -0.3 is 4.98 Å². The molecule has 0 bridgehead atoms. The van der Waals surface area contributed by atoms with Gasteiger partial charge in [-0.25, -0.2) is 18.5 Å². The number of imidazole rings is 1. The van der Waals surface area contributed by atoms with Gasteiger partial charge in [-0.2, -0.15) is 0 Å². The van der Waals surface area contributed by atoms with Gasteiger partial charge in [0.2, 0.25) is 10.0 Å². The predicted molar refractivity (Wildman–Crippen MR) is 82.4 cm³/mol. The fourth-order valence-corrected chi connectivity index (χ4v) is 3.18. The largest absolute Gasteiger partial charge is 0.345 e. The highest BCUT2D eigenvalue weighted by molar-refractivity contribution is 7.89. The summed E-state index contributed by atoms with van der Waals surface area (Å²) in [5.41, 5.74) is 2.04. The van der Waals surface area contributed by atoms with Crippen molar-refractivity contribution in [2.75, 3.05) is 0 Å². The van der Waals surface area contributed by atoms with Gasteiger partial charge in [0.05, 0.1) is 22.4 Å². The van der Waals surface area contributed by atoms with Crippen LogP contribution in [0.1, 0.15) is 15.9 Å². The first kappa shape index (κ1) is 14.7. The molecule has 1 heterocycles. The van der Waals surface area contributed by atoms with Crippen LogP contribution in [0.25, 0.3) is 11.0 Å². The lowest BCUT2D eigenvalue weighted by atomic mass is 10.0. The monoisotopic (exact) mass is 335 g/mol. The van der Waals surface area contributed by atoms with Crippen LogP contribution in [0.5, 0.6) is 0 Å². The summed E-state index contributed by atoms with van der Waals surface area (Å²) >= 11 is 5.81. The van der Waals surface area contributed by atoms with E-state index in [0.29, 0.717) is 11.1 Å². The molecule has 8 heteroatoms. The van der Waals surface area contributed by atoms with Crippen molar-refractivity contribution in [2.45, 2.75) is 4.90 Å². The zero-order valence-corrected chi connectivity index (χ0v) is 12.6. The number of nitrogens with two attached hydrogens (primary N) is 1. The maximum Gasteiger partial charge on any atom is 0.239 e. The van der Waals surface area contributed by atoms with Gasteiger partial charge in [0.1, 0.15) is 4.90 Å². The summed E-state index contributed by atoms with van der Waals surface area (Å²) in [6.07, 6.45) is 1.53. The SMILES string of the molecule is NS(=O)(=O)c1cc(C(=O)c2ccc3nc[nH]c3c2)ccc1Cl. The number of nitrogens with zero attached hydrogens (tertiary/aromatic N) is 1. The van der Waals surface area contributed by atoms with Gasteiger partial charge in [-0.3, -0.25) is 4.79 Å². The van der Waals surface area contributed by atoms with Crippen molar-refractivity contribution >= 4 is 38.4 Å². The summed E-state index contributed by atoms with van der Waals surface area (Å²) in [6.45, 7) is 0. The minimum absolute atomic E-state index is 0.0249. The van der Waals surface area contributed by atoms with Crippen LogP contribution in [-0.4, -0.2) is 24.2 Å². The predicted octanol–water partition coefficient (Wildman–Crippen LogP) is 2.09. The number of benzene rings is 2. The molecule has 0 unspecified atom stereocenters. The first-order valence-electron chi connectivity index (χ1n) is 6.16. The molecule has 0 saturated carbocycles. The van der Waals surface area contributed by atoms with Crippen molar-refractivity contribution in [3.63, 3.8) is 0 Å². The minimum Gasteiger partial charge on any atom is -0.345 e. The number of hydrogen-bond donors (Lipinski definition) is 2. The molecule has 0 aliphatic rings. The molecule has 3 aromatic rings. The lowest BCUT2D eigenvalue weighted by Gasteiger charge is -2.06. The zero-order valence-electron chi connectivity index (χ0n) is 11.1. The second-order valence-corrected chi connectivity index (χ2v) is 6.59. The third-order valence-corrected chi connectivity index (χ3v) is 4.57. The maximum absolute atomic E-state index is 12.5. The Labute approximate surface area is 131 Å². The number of primary sulfonamides is 1. The summed E-state index contributed by atoms with van der Waals surface area (Å²) in [5.74, 6) is -0.335. The number of aromatic nitrogens is 2. The lowest BCUT2D eigenvalue weighted by molar-refractivity contribution is 0.103. The summed E-state index contributed by atoms with van der Waals surface area (Å²) in [7, 11) is -4.00. The molecule has 2 aromatic carbocycles. The van der Waals surface area contributed by atoms with E-state index in [2.05, 4.69) is 9.97 Å². The van der Waals surface area contributed by atoms with E-state index in [-0.39, 0.29) is 21.3 Å². The van der Waals surface area contributed by atoms with Crippen molar-refractivity contribution in [2.24, 2.45) is 5.14 Å². The number of carbonyl (C=O) groups is 1. The van der Waals surface area contributed by atoms with Crippen LogP contribution in [0.15, 0.2) is 47.6 Å². The molecule has 0 amide bonds. The van der Waals surface area contributed by atoms with Gasteiger partial charge in [0.15, 0.2) is 5.78 Å². The Morgan fingerprint density at radius 2 is 1.82 bits per heavy atom. The van der Waals surface area contributed by atoms with E-state index in [0.717, 1.165) is 5.52 Å². The molecule has 6 nitrogen and oxygen atoms in total. The molecule has 0 atom stereocenters. The van der Waals surface area contributed by atoms with E-state index in [4.69, 9.17) is 16.7 Å². The highest BCUT2D eigenvalue weighted by Gasteiger charge is 2.17. The average Bonchev–Trinajstić information content (AvgIpc) is 2.93. The fraction of sp³-hybridized carbons (Fsp3) is 0. The van der Waals surface area contributed by atoms with E-state index in [9.17, 15) is 13.2 Å². The highest BCUT2D eigenvalue weighted by Crippen LogP contribution is 2.23. The molecule has 22 heavy (non-hydrogen) atoms. The van der Waals surface area contributed by atoms with Crippen LogP contribution >= 0.6 is 11.6 Å². The molecule has 112 valence electrons. The molecule has 0 fully saturated rings. The second kappa shape index (κ2) is 5.20. The van der Waals surface area contributed by atoms with Gasteiger partial charge in [0, 0.05) is 11.1 Å². The summed E-state index contributed by atoms with van der Waals surface area (Å²) in [6, 6.07) is 8.94. The van der Waals surface area contributed by atoms with Crippen molar-refractivity contribution in [3.05, 3.63) is 58.9 Å². The number of H-pyrrole nitrogens is 1. The Balaban J connectivity index is 2.08. The third-order valence-electron chi connectivity index (χ3n) is 3.18. The molecule has 0 spiro atoms. The standard InChI is InChI=1S/C14H10ClN3O3S/c15-10-3-1-9(6-13(10)22(16,20)21)14(19)8-2-4-11-12(5-8)18-7-17-11/h1-7H,(H,17,18)(H2,16,20,21). The van der Waals surface area contributed by atoms with Crippen LogP contribution in [0.3, 0.4) is 0 Å². The first-order valence-corrected chi connectivity index (χ1v) is 8.09. The summed E-state index contributed by atoms with van der Waals surface area (Å²) < 4.78 is 22.9. The van der Waals surface area contributed by atoms with Crippen molar-refractivity contribution in [1.82, 2.24) is 9.97 Å². The van der Waals surface area contributed by atoms with Crippen molar-refractivity contribution in [3.8, 4) is 0 Å². The Morgan fingerprint density at radius 1 is 1.14 bits per heavy atom. The fourth-order valence-electron chi connectivity index (χ4n) is 2.11. The molecule has 0 saturated heterocycles. The molecule has 0 aliphatic carbocycles. The van der Waals surface area contributed by atoms with Crippen LogP contribution in [0.2, 0.25) is 5.02 Å². The summed E-state index contributed by atoms with van der Waals surface area (Å²) in [4.78, 5) is 19.2. The third kappa shape index (κ3) is 2.61. The van der Waals surface area contributed by atoms with Gasteiger partial charge in [-0.1, -0.05) is 11.6 Å². The molecule has 0 aliphatic heterocycles. The number of hydrogen-bond acceptors (Lipinski definition) is 4. The molecular formula is C14H10ClN3O3S. The van der Waals surface area contributed by atoms with Crippen LogP contribution in [0, 0.1) is 0 Å². The van der Waals surface area contributed by atoms with Crippen LogP contribution < -0.4 is 5.14 Å². The second-order valence-electron chi connectivity index (χ2n) is 4.65. The van der Waals surface area contributed by atoms with E-state index < -0.39 is 10.0 Å². The van der Waals surface area contributed by atoms with E-state index in [1.165, 1.54) is 24.5 Å². The number of rotatable bonds is 3. The van der Waals surface area contributed by atoms with Gasteiger partial charge >= 0.3 is 0 Å². The normalized spacial score (nSPS) is 11.7. The Morgan fingerprint density at radius 3 is 2.55 bits per heavy atom. The van der Waals surface area contributed by atoms with Crippen molar-refractivity contribution in [1.29, 1.82) is 0 Å². The number of fused-ring (bicyclic) bond motifs is 1. The summed E-state index contributed by atoms with van der Waals surface area (Å²) in [5, 5.41) is 5.06. The lowest BCUT2D eigenvalue weighted by Crippen LogP contribution is -2.14. The van der Waals surface area contributed by atoms with Crippen molar-refractivity contribution < 1.29 is 13.2 Å². The van der Waals surface area contributed by atoms with E-state index in [1.807, 2.05) is 0 Å². The van der Waals surface area contributed by atoms with Gasteiger partial charge in [0.25, 0.3) is 0 Å². The van der Waals surface area contributed by atoms with E-state index >= 15 is 0 Å². The van der Waals surface area contributed by atoms with Gasteiger partial charge in [-0.05, 0) is 36.4 Å². The van der Waals surface area contributed by atoms with Crippen LogP contribution in [-0.2, 0) is 10.0 Å². The molecular weight excluding hydrogens is 326 g/mol. The maximum atomic E-state index is 12.5. The molecule has 3 N–H and O–H groups in total. The molecule has 3 rings (SSSR count). The number of carbonyl (C=O) groups excluding carboxylic acids is 1. The number of ketones is 1. The Bertz CT molecular complexity index is 995. The zero-order chi connectivity index (χ0) is 15.9. The smallest absolute Gasteiger partial charge is 0.239 e. The quantitative estimate of drug-likeness (QED) is 0.715. The average molecular weight is 336 g/mol. The highest BCUT2D eigenvalue weighted by atomic mass is 35.5.